The van der Waals surface area contributed by atoms with E-state index in [1.165, 1.54) is 135 Å². The summed E-state index contributed by atoms with van der Waals surface area (Å²) < 4.78 is 30.6. The first-order valence-corrected chi connectivity index (χ1v) is 31.8. The summed E-state index contributed by atoms with van der Waals surface area (Å²) >= 11 is 0. The predicted molar refractivity (Wildman–Crippen MR) is 314 cm³/mol. The fraction of sp³-hybridized carbons (Fsp3) is 0.778. The topological polar surface area (TPSA) is 111 Å². The molecule has 0 aliphatic carbocycles. The molecule has 10 heteroatoms. The molecule has 0 aliphatic heterocycles. The molecule has 0 heterocycles. The Labute approximate surface area is 451 Å². The summed E-state index contributed by atoms with van der Waals surface area (Å²) in [5, 5.41) is 3.04. The first kappa shape index (κ1) is 70.5. The SMILES string of the molecule is CC/C=C/C/C=C/C/C=C/CCCCCCC(=O)NC(COP(=O)(O)OCC[N+](C)(C)C)C(/C=C\CCCCCCCCCCCC)OC(=O)CCCCCCCCCCCCC/C=C\C/C=C\CCCCC. The zero-order valence-electron chi connectivity index (χ0n) is 48.4. The third-order valence-electron chi connectivity index (χ3n) is 13.1. The molecular formula is C63H116N2O7P+. The van der Waals surface area contributed by atoms with Gasteiger partial charge in [-0.2, -0.15) is 0 Å². The summed E-state index contributed by atoms with van der Waals surface area (Å²) in [5.41, 5.74) is 0. The number of likely N-dealkylation sites (N-methyl/N-ethyl adjacent to an activating group) is 1. The van der Waals surface area contributed by atoms with Crippen LogP contribution in [0.3, 0.4) is 0 Å². The zero-order chi connectivity index (χ0) is 53.6. The Morgan fingerprint density at radius 2 is 0.877 bits per heavy atom. The van der Waals surface area contributed by atoms with E-state index in [1.807, 2.05) is 33.3 Å². The number of carbonyl (C=O) groups excluding carboxylic acids is 2. The normalized spacial score (nSPS) is 14.2. The number of quaternary nitrogens is 1. The van der Waals surface area contributed by atoms with E-state index in [4.69, 9.17) is 13.8 Å². The number of ether oxygens (including phenoxy) is 1. The summed E-state index contributed by atoms with van der Waals surface area (Å²) in [4.78, 5) is 37.6. The van der Waals surface area contributed by atoms with Crippen LogP contribution in [0.25, 0.3) is 0 Å². The van der Waals surface area contributed by atoms with Crippen molar-refractivity contribution in [1.29, 1.82) is 0 Å². The quantitative estimate of drug-likeness (QED) is 0.0205. The van der Waals surface area contributed by atoms with Gasteiger partial charge in [-0.25, -0.2) is 4.57 Å². The van der Waals surface area contributed by atoms with Gasteiger partial charge in [-0.1, -0.05) is 229 Å². The van der Waals surface area contributed by atoms with Gasteiger partial charge in [0.2, 0.25) is 5.91 Å². The number of unbranched alkanes of at least 4 members (excludes halogenated alkanes) is 28. The number of phosphoric ester groups is 1. The van der Waals surface area contributed by atoms with E-state index in [0.29, 0.717) is 17.4 Å². The van der Waals surface area contributed by atoms with Crippen molar-refractivity contribution < 1.29 is 37.3 Å². The van der Waals surface area contributed by atoms with Gasteiger partial charge in [-0.3, -0.25) is 18.6 Å². The van der Waals surface area contributed by atoms with Crippen molar-refractivity contribution in [2.24, 2.45) is 0 Å². The number of hydrogen-bond donors (Lipinski definition) is 2. The monoisotopic (exact) mass is 1040 g/mol. The Hall–Kier alpha value is -2.55. The average molecular weight is 1040 g/mol. The lowest BCUT2D eigenvalue weighted by Crippen LogP contribution is -2.47. The molecular weight excluding hydrogens is 928 g/mol. The van der Waals surface area contributed by atoms with Crippen molar-refractivity contribution in [3.63, 3.8) is 0 Å². The van der Waals surface area contributed by atoms with Crippen LogP contribution < -0.4 is 5.32 Å². The van der Waals surface area contributed by atoms with Crippen LogP contribution in [0, 0.1) is 0 Å². The molecule has 0 aromatic carbocycles. The third-order valence-corrected chi connectivity index (χ3v) is 14.1. The Bertz CT molecular complexity index is 1480. The molecule has 0 bridgehead atoms. The van der Waals surface area contributed by atoms with Gasteiger partial charge in [-0.15, -0.1) is 0 Å². The van der Waals surface area contributed by atoms with Crippen LogP contribution in [0.1, 0.15) is 265 Å². The number of phosphoric acid groups is 1. The molecule has 0 aromatic rings. The van der Waals surface area contributed by atoms with E-state index in [2.05, 4.69) is 86.8 Å². The van der Waals surface area contributed by atoms with Crippen molar-refractivity contribution in [1.82, 2.24) is 5.32 Å². The molecule has 0 radical (unpaired) electrons. The summed E-state index contributed by atoms with van der Waals surface area (Å²) in [5.74, 6) is -0.532. The maximum atomic E-state index is 13.5. The smallest absolute Gasteiger partial charge is 0.456 e. The minimum absolute atomic E-state index is 0.0332. The summed E-state index contributed by atoms with van der Waals surface area (Å²) in [6, 6.07) is -0.862. The fourth-order valence-corrected chi connectivity index (χ4v) is 9.19. The van der Waals surface area contributed by atoms with Crippen LogP contribution in [0.2, 0.25) is 0 Å². The second-order valence-electron chi connectivity index (χ2n) is 21.5. The molecule has 2 N–H and O–H groups in total. The van der Waals surface area contributed by atoms with Gasteiger partial charge in [0.25, 0.3) is 0 Å². The van der Waals surface area contributed by atoms with E-state index < -0.39 is 20.0 Å². The summed E-state index contributed by atoms with van der Waals surface area (Å²) in [7, 11) is 1.47. The van der Waals surface area contributed by atoms with Gasteiger partial charge in [0.1, 0.15) is 19.3 Å². The van der Waals surface area contributed by atoms with Crippen LogP contribution in [0.5, 0.6) is 0 Å². The highest BCUT2D eigenvalue weighted by Crippen LogP contribution is 2.43. The Balaban J connectivity index is 5.26. The van der Waals surface area contributed by atoms with E-state index in [9.17, 15) is 19.0 Å². The molecule has 3 unspecified atom stereocenters. The Kier molecular flexibility index (Phi) is 51.0. The number of nitrogens with zero attached hydrogens (tertiary/aromatic N) is 1. The summed E-state index contributed by atoms with van der Waals surface area (Å²) in [6.45, 7) is 6.86. The highest BCUT2D eigenvalue weighted by atomic mass is 31.2. The lowest BCUT2D eigenvalue weighted by molar-refractivity contribution is -0.870. The lowest BCUT2D eigenvalue weighted by atomic mass is 10.0. The molecule has 73 heavy (non-hydrogen) atoms. The molecule has 0 aromatic heterocycles. The van der Waals surface area contributed by atoms with Gasteiger partial charge in [0.15, 0.2) is 0 Å². The van der Waals surface area contributed by atoms with Crippen LogP contribution in [0.4, 0.5) is 0 Å². The van der Waals surface area contributed by atoms with Gasteiger partial charge >= 0.3 is 13.8 Å². The number of rotatable bonds is 54. The molecule has 0 spiro atoms. The van der Waals surface area contributed by atoms with Crippen molar-refractivity contribution in [2.75, 3.05) is 40.9 Å². The molecule has 0 rings (SSSR count). The number of amides is 1. The Morgan fingerprint density at radius 1 is 0.493 bits per heavy atom. The first-order valence-electron chi connectivity index (χ1n) is 30.3. The molecule has 9 nitrogen and oxygen atoms in total. The van der Waals surface area contributed by atoms with Crippen LogP contribution in [0.15, 0.2) is 72.9 Å². The minimum atomic E-state index is -4.45. The van der Waals surface area contributed by atoms with E-state index in [-0.39, 0.29) is 31.5 Å². The molecule has 424 valence electrons. The second-order valence-corrected chi connectivity index (χ2v) is 22.9. The number of hydrogen-bond acceptors (Lipinski definition) is 6. The number of carbonyl (C=O) groups is 2. The van der Waals surface area contributed by atoms with Crippen molar-refractivity contribution in [2.45, 2.75) is 277 Å². The van der Waals surface area contributed by atoms with Crippen LogP contribution in [-0.2, 0) is 27.9 Å². The van der Waals surface area contributed by atoms with Crippen molar-refractivity contribution >= 4 is 19.7 Å². The van der Waals surface area contributed by atoms with Crippen LogP contribution >= 0.6 is 7.82 Å². The van der Waals surface area contributed by atoms with Crippen LogP contribution in [-0.4, -0.2) is 74.3 Å². The number of esters is 1. The molecule has 0 aliphatic rings. The van der Waals surface area contributed by atoms with E-state index in [0.717, 1.165) is 96.3 Å². The maximum Gasteiger partial charge on any atom is 0.472 e. The standard InChI is InChI=1S/C63H115N2O7P/c1-7-10-13-16-19-22-25-28-30-31-32-33-34-35-36-38-41-44-47-50-53-56-63(67)72-61(54-51-48-45-42-39-27-24-21-18-15-12-9-3)60(59-71-73(68,69)70-58-57-65(4,5)6)64-62(66)55-52-49-46-43-40-37-29-26-23-20-17-14-11-8-2/h11,14,19-20,22-23,28-30,37,51,54,60-61H,7-10,12-13,15-18,21,24-27,31-36,38-50,52-53,55-59H2,1-6H3,(H-,64,66,68,69)/p+1/b14-11+,22-19-,23-20+,30-28-,37-29+,54-51-. The van der Waals surface area contributed by atoms with Crippen molar-refractivity contribution in [3.05, 3.63) is 72.9 Å². The third kappa shape index (κ3) is 54.1. The second kappa shape index (κ2) is 52.9. The van der Waals surface area contributed by atoms with Gasteiger partial charge < -0.3 is 19.4 Å². The molecule has 0 fully saturated rings. The Morgan fingerprint density at radius 3 is 1.34 bits per heavy atom. The highest BCUT2D eigenvalue weighted by molar-refractivity contribution is 7.47. The first-order chi connectivity index (χ1) is 35.4. The molecule has 3 atom stereocenters. The van der Waals surface area contributed by atoms with Gasteiger partial charge in [0.05, 0.1) is 33.8 Å². The number of allylic oxidation sites excluding steroid dienone is 11. The van der Waals surface area contributed by atoms with Gasteiger partial charge in [-0.05, 0) is 96.0 Å². The molecule has 0 saturated carbocycles. The largest absolute Gasteiger partial charge is 0.472 e. The fourth-order valence-electron chi connectivity index (χ4n) is 8.45. The summed E-state index contributed by atoms with van der Waals surface area (Å²) in [6.07, 6.45) is 67.6. The lowest BCUT2D eigenvalue weighted by Gasteiger charge is -2.27. The predicted octanol–water partition coefficient (Wildman–Crippen LogP) is 18.4. The maximum absolute atomic E-state index is 13.5. The van der Waals surface area contributed by atoms with E-state index >= 15 is 0 Å². The number of nitrogens with one attached hydrogen (secondary N) is 1. The van der Waals surface area contributed by atoms with Crippen molar-refractivity contribution in [3.8, 4) is 0 Å². The molecule has 1 amide bonds. The van der Waals surface area contributed by atoms with E-state index in [1.54, 1.807) is 0 Å². The highest BCUT2D eigenvalue weighted by Gasteiger charge is 2.30. The zero-order valence-corrected chi connectivity index (χ0v) is 49.3. The molecule has 0 saturated heterocycles. The minimum Gasteiger partial charge on any atom is -0.456 e. The van der Waals surface area contributed by atoms with Gasteiger partial charge in [0, 0.05) is 12.8 Å². The average Bonchev–Trinajstić information content (AvgIpc) is 3.35.